The maximum atomic E-state index is 13.5. The van der Waals surface area contributed by atoms with Gasteiger partial charge in [-0.1, -0.05) is 0 Å². The molecule has 1 aliphatic heterocycles. The van der Waals surface area contributed by atoms with Crippen molar-refractivity contribution in [3.8, 4) is 0 Å². The van der Waals surface area contributed by atoms with Gasteiger partial charge in [0.15, 0.2) is 0 Å². The zero-order valence-corrected chi connectivity index (χ0v) is 11.9. The van der Waals surface area contributed by atoms with E-state index in [-0.39, 0.29) is 0 Å². The Morgan fingerprint density at radius 1 is 1.47 bits per heavy atom. The zero-order valence-electron chi connectivity index (χ0n) is 11.9. The molecule has 6 heteroatoms. The summed E-state index contributed by atoms with van der Waals surface area (Å²) in [7, 11) is 0. The van der Waals surface area contributed by atoms with E-state index in [1.165, 1.54) is 4.90 Å². The number of hydrogen-bond acceptors (Lipinski definition) is 3. The summed E-state index contributed by atoms with van der Waals surface area (Å²) in [6, 6.07) is -0.570. The number of aliphatic hydroxyl groups is 1. The molecule has 1 saturated heterocycles. The van der Waals surface area contributed by atoms with Crippen LogP contribution >= 0.6 is 0 Å². The number of rotatable bonds is 3. The van der Waals surface area contributed by atoms with Gasteiger partial charge in [0.1, 0.15) is 11.7 Å². The number of aliphatic hydroxyl groups excluding tert-OH is 1. The predicted octanol–water partition coefficient (Wildman–Crippen LogP) is 2.79. The normalized spacial score (nSPS) is 22.5. The summed E-state index contributed by atoms with van der Waals surface area (Å²) in [4.78, 5) is 13.3. The number of alkyl halides is 2. The largest absolute Gasteiger partial charge is 0.444 e. The smallest absolute Gasteiger partial charge is 0.410 e. The zero-order chi connectivity index (χ0) is 14.8. The maximum absolute atomic E-state index is 13.5. The number of likely N-dealkylation sites (tertiary alicyclic amines) is 1. The Morgan fingerprint density at radius 2 is 2.05 bits per heavy atom. The second-order valence-corrected chi connectivity index (χ2v) is 6.11. The summed E-state index contributed by atoms with van der Waals surface area (Å²) in [6.07, 6.45) is -1.60. The molecule has 0 bridgehead atoms. The molecule has 0 aromatic heterocycles. The lowest BCUT2D eigenvalue weighted by molar-refractivity contribution is -0.115. The van der Waals surface area contributed by atoms with Gasteiger partial charge in [-0.25, -0.2) is 13.6 Å². The van der Waals surface area contributed by atoms with Gasteiger partial charge in [0.25, 0.3) is 5.92 Å². The lowest BCUT2D eigenvalue weighted by atomic mass is 10.0. The molecule has 0 radical (unpaired) electrons. The fourth-order valence-corrected chi connectivity index (χ4v) is 2.09. The van der Waals surface area contributed by atoms with E-state index in [4.69, 9.17) is 9.84 Å². The Labute approximate surface area is 112 Å². The molecule has 112 valence electrons. The Balaban J connectivity index is 2.67. The van der Waals surface area contributed by atoms with Gasteiger partial charge in [-0.15, -0.1) is 0 Å². The molecular weight excluding hydrogens is 256 g/mol. The SMILES string of the molecule is CC(O)C(F)(F)CC1CCCN1C(=O)OC(C)(C)C. The summed E-state index contributed by atoms with van der Waals surface area (Å²) in [5, 5.41) is 9.07. The van der Waals surface area contributed by atoms with Crippen LogP contribution < -0.4 is 0 Å². The van der Waals surface area contributed by atoms with Crippen LogP contribution in [0.4, 0.5) is 13.6 Å². The summed E-state index contributed by atoms with van der Waals surface area (Å²) < 4.78 is 32.3. The van der Waals surface area contributed by atoms with E-state index >= 15 is 0 Å². The lowest BCUT2D eigenvalue weighted by Crippen LogP contribution is -2.44. The van der Waals surface area contributed by atoms with Crippen molar-refractivity contribution < 1.29 is 23.4 Å². The first-order valence-corrected chi connectivity index (χ1v) is 6.58. The number of ether oxygens (including phenoxy) is 1. The van der Waals surface area contributed by atoms with Crippen molar-refractivity contribution >= 4 is 6.09 Å². The van der Waals surface area contributed by atoms with Crippen LogP contribution in [-0.4, -0.2) is 46.3 Å². The molecule has 2 unspecified atom stereocenters. The van der Waals surface area contributed by atoms with E-state index in [0.29, 0.717) is 19.4 Å². The number of hydrogen-bond donors (Lipinski definition) is 1. The monoisotopic (exact) mass is 279 g/mol. The van der Waals surface area contributed by atoms with E-state index in [9.17, 15) is 13.6 Å². The third kappa shape index (κ3) is 4.60. The van der Waals surface area contributed by atoms with Crippen LogP contribution in [0.25, 0.3) is 0 Å². The Bertz CT molecular complexity index is 326. The quantitative estimate of drug-likeness (QED) is 0.864. The van der Waals surface area contributed by atoms with Crippen molar-refractivity contribution in [1.29, 1.82) is 0 Å². The highest BCUT2D eigenvalue weighted by Gasteiger charge is 2.42. The molecule has 0 saturated carbocycles. The van der Waals surface area contributed by atoms with E-state index < -0.39 is 36.2 Å². The van der Waals surface area contributed by atoms with Gasteiger partial charge in [-0.2, -0.15) is 0 Å². The highest BCUT2D eigenvalue weighted by Crippen LogP contribution is 2.32. The molecule has 0 aromatic carbocycles. The van der Waals surface area contributed by atoms with Crippen LogP contribution in [0.5, 0.6) is 0 Å². The van der Waals surface area contributed by atoms with Gasteiger partial charge in [0.2, 0.25) is 0 Å². The van der Waals surface area contributed by atoms with Crippen molar-refractivity contribution in [3.05, 3.63) is 0 Å². The minimum Gasteiger partial charge on any atom is -0.444 e. The summed E-state index contributed by atoms with van der Waals surface area (Å²) in [5.74, 6) is -3.19. The summed E-state index contributed by atoms with van der Waals surface area (Å²) in [5.41, 5.74) is -0.642. The molecule has 1 aliphatic rings. The Hall–Kier alpha value is -0.910. The van der Waals surface area contributed by atoms with E-state index in [1.54, 1.807) is 20.8 Å². The molecule has 4 nitrogen and oxygen atoms in total. The highest BCUT2D eigenvalue weighted by molar-refractivity contribution is 5.68. The van der Waals surface area contributed by atoms with Crippen LogP contribution in [0.1, 0.15) is 47.0 Å². The van der Waals surface area contributed by atoms with E-state index in [0.717, 1.165) is 6.92 Å². The fourth-order valence-electron chi connectivity index (χ4n) is 2.09. The first-order valence-electron chi connectivity index (χ1n) is 6.58. The molecule has 19 heavy (non-hydrogen) atoms. The van der Waals surface area contributed by atoms with Gasteiger partial charge in [0, 0.05) is 19.0 Å². The minimum atomic E-state index is -3.19. The van der Waals surface area contributed by atoms with Gasteiger partial charge in [0.05, 0.1) is 0 Å². The van der Waals surface area contributed by atoms with Crippen LogP contribution in [0.15, 0.2) is 0 Å². The minimum absolute atomic E-state index is 0.426. The summed E-state index contributed by atoms with van der Waals surface area (Å²) >= 11 is 0. The lowest BCUT2D eigenvalue weighted by Gasteiger charge is -2.31. The first kappa shape index (κ1) is 16.1. The van der Waals surface area contributed by atoms with Crippen LogP contribution in [-0.2, 0) is 4.74 Å². The highest BCUT2D eigenvalue weighted by atomic mass is 19.3. The van der Waals surface area contributed by atoms with Gasteiger partial charge >= 0.3 is 6.09 Å². The van der Waals surface area contributed by atoms with Crippen LogP contribution in [0.3, 0.4) is 0 Å². The topological polar surface area (TPSA) is 49.8 Å². The molecule has 1 N–H and O–H groups in total. The van der Waals surface area contributed by atoms with Crippen molar-refractivity contribution in [3.63, 3.8) is 0 Å². The van der Waals surface area contributed by atoms with Crippen molar-refractivity contribution in [2.75, 3.05) is 6.54 Å². The molecule has 2 atom stereocenters. The number of carbonyl (C=O) groups is 1. The van der Waals surface area contributed by atoms with Crippen molar-refractivity contribution in [2.24, 2.45) is 0 Å². The van der Waals surface area contributed by atoms with Crippen LogP contribution in [0.2, 0.25) is 0 Å². The van der Waals surface area contributed by atoms with Crippen molar-refractivity contribution in [1.82, 2.24) is 4.90 Å². The average molecular weight is 279 g/mol. The third-order valence-electron chi connectivity index (χ3n) is 3.12. The standard InChI is InChI=1S/C13H23F2NO3/c1-9(17)13(14,15)8-10-6-5-7-16(10)11(18)19-12(2,3)4/h9-10,17H,5-8H2,1-4H3. The number of amides is 1. The second kappa shape index (κ2) is 5.61. The molecule has 0 spiro atoms. The van der Waals surface area contributed by atoms with Gasteiger partial charge in [-0.3, -0.25) is 0 Å². The molecule has 1 rings (SSSR count). The average Bonchev–Trinajstić information content (AvgIpc) is 2.61. The number of nitrogens with zero attached hydrogens (tertiary/aromatic N) is 1. The molecule has 0 aromatic rings. The maximum Gasteiger partial charge on any atom is 0.410 e. The number of carbonyl (C=O) groups excluding carboxylic acids is 1. The summed E-state index contributed by atoms with van der Waals surface area (Å²) in [6.45, 7) is 6.70. The molecule has 1 amide bonds. The Morgan fingerprint density at radius 3 is 2.53 bits per heavy atom. The van der Waals surface area contributed by atoms with E-state index in [1.807, 2.05) is 0 Å². The van der Waals surface area contributed by atoms with Crippen LogP contribution in [0, 0.1) is 0 Å². The molecule has 1 heterocycles. The first-order chi connectivity index (χ1) is 8.53. The molecular formula is C13H23F2NO3. The number of halogens is 2. The third-order valence-corrected chi connectivity index (χ3v) is 3.12. The van der Waals surface area contributed by atoms with Gasteiger partial charge < -0.3 is 14.7 Å². The fraction of sp³-hybridized carbons (Fsp3) is 0.923. The van der Waals surface area contributed by atoms with Gasteiger partial charge in [-0.05, 0) is 40.5 Å². The Kier molecular flexibility index (Phi) is 4.76. The molecule has 1 fully saturated rings. The predicted molar refractivity (Wildman–Crippen MR) is 67.2 cm³/mol. The second-order valence-electron chi connectivity index (χ2n) is 6.11. The van der Waals surface area contributed by atoms with E-state index in [2.05, 4.69) is 0 Å². The molecule has 0 aliphatic carbocycles. The van der Waals surface area contributed by atoms with Crippen molar-refractivity contribution in [2.45, 2.75) is 70.6 Å².